The molecule has 2 aliphatic rings. The van der Waals surface area contributed by atoms with Crippen molar-refractivity contribution in [2.45, 2.75) is 63.6 Å². The van der Waals surface area contributed by atoms with Crippen LogP contribution in [0.5, 0.6) is 0 Å². The summed E-state index contributed by atoms with van der Waals surface area (Å²) < 4.78 is 0. The van der Waals surface area contributed by atoms with Gasteiger partial charge in [0, 0.05) is 39.3 Å². The maximum atomic E-state index is 12.7. The number of piperazine rings is 1. The van der Waals surface area contributed by atoms with Crippen LogP contribution < -0.4 is 0 Å². The van der Waals surface area contributed by atoms with Crippen molar-refractivity contribution < 1.29 is 9.90 Å². The van der Waals surface area contributed by atoms with Gasteiger partial charge in [-0.15, -0.1) is 0 Å². The molecule has 2 fully saturated rings. The van der Waals surface area contributed by atoms with E-state index in [1.165, 1.54) is 0 Å². The molecular formula is C18H32N4O2. The van der Waals surface area contributed by atoms with Crippen LogP contribution in [0.3, 0.4) is 0 Å². The fourth-order valence-electron chi connectivity index (χ4n) is 4.02. The van der Waals surface area contributed by atoms with Gasteiger partial charge in [0.25, 0.3) is 0 Å². The molecule has 6 heteroatoms. The molecule has 0 unspecified atom stereocenters. The van der Waals surface area contributed by atoms with Crippen molar-refractivity contribution in [3.8, 4) is 6.07 Å². The second-order valence-electron chi connectivity index (χ2n) is 7.58. The highest BCUT2D eigenvalue weighted by atomic mass is 16.3. The number of amides is 1. The molecular weight excluding hydrogens is 304 g/mol. The van der Waals surface area contributed by atoms with E-state index in [-0.39, 0.29) is 12.0 Å². The lowest BCUT2D eigenvalue weighted by molar-refractivity contribution is -0.136. The number of carbonyl (C=O) groups excluding carboxylic acids is 1. The number of hydrogen-bond donors (Lipinski definition) is 1. The summed E-state index contributed by atoms with van der Waals surface area (Å²) in [7, 11) is 1.80. The summed E-state index contributed by atoms with van der Waals surface area (Å²) in [6.07, 6.45) is 4.48. The van der Waals surface area contributed by atoms with Crippen molar-refractivity contribution >= 4 is 5.91 Å². The summed E-state index contributed by atoms with van der Waals surface area (Å²) in [6, 6.07) is 2.75. The highest BCUT2D eigenvalue weighted by Crippen LogP contribution is 2.32. The summed E-state index contributed by atoms with van der Waals surface area (Å²) in [5.74, 6) is 0.0506. The van der Waals surface area contributed by atoms with Gasteiger partial charge >= 0.3 is 0 Å². The number of aliphatic hydroxyl groups excluding tert-OH is 1. The third kappa shape index (κ3) is 4.47. The quantitative estimate of drug-likeness (QED) is 0.813. The van der Waals surface area contributed by atoms with Crippen LogP contribution in [0, 0.1) is 11.3 Å². The summed E-state index contributed by atoms with van der Waals surface area (Å²) in [6.45, 7) is 7.53. The van der Waals surface area contributed by atoms with E-state index >= 15 is 0 Å². The Bertz CT molecular complexity index is 468. The molecule has 1 N–H and O–H groups in total. The SMILES string of the molecule is C[C@@H]1CN(CC(=O)N(C)C2(C#N)CCCCC2)CCN1C[C@@H](C)O. The summed E-state index contributed by atoms with van der Waals surface area (Å²) in [5.41, 5.74) is -0.602. The molecule has 0 aromatic heterocycles. The minimum atomic E-state index is -0.602. The van der Waals surface area contributed by atoms with Gasteiger partial charge in [0.15, 0.2) is 0 Å². The van der Waals surface area contributed by atoms with Gasteiger partial charge in [-0.3, -0.25) is 14.6 Å². The molecule has 1 aliphatic carbocycles. The maximum absolute atomic E-state index is 12.7. The van der Waals surface area contributed by atoms with Gasteiger partial charge in [0.2, 0.25) is 5.91 Å². The lowest BCUT2D eigenvalue weighted by atomic mass is 9.81. The Morgan fingerprint density at radius 2 is 2.04 bits per heavy atom. The van der Waals surface area contributed by atoms with Gasteiger partial charge in [0.05, 0.1) is 18.7 Å². The predicted molar refractivity (Wildman–Crippen MR) is 93.4 cm³/mol. The molecule has 2 atom stereocenters. The Kier molecular flexibility index (Phi) is 6.62. The Balaban J connectivity index is 1.89. The van der Waals surface area contributed by atoms with Crippen LogP contribution in [0.25, 0.3) is 0 Å². The molecule has 0 bridgehead atoms. The van der Waals surface area contributed by atoms with E-state index in [9.17, 15) is 15.2 Å². The zero-order valence-electron chi connectivity index (χ0n) is 15.4. The summed E-state index contributed by atoms with van der Waals surface area (Å²) in [4.78, 5) is 18.9. The smallest absolute Gasteiger partial charge is 0.237 e. The fraction of sp³-hybridized carbons (Fsp3) is 0.889. The average Bonchev–Trinajstić information content (AvgIpc) is 2.57. The highest BCUT2D eigenvalue weighted by molar-refractivity contribution is 5.79. The standard InChI is InChI=1S/C18H32N4O2/c1-15-11-21(9-10-22(15)12-16(2)23)13-17(24)20(3)18(14-19)7-5-4-6-8-18/h15-16,23H,4-13H2,1-3H3/t15-,16-/m1/s1. The first-order valence-electron chi connectivity index (χ1n) is 9.20. The average molecular weight is 336 g/mol. The second kappa shape index (κ2) is 8.28. The molecule has 0 spiro atoms. The molecule has 0 aromatic carbocycles. The molecule has 0 radical (unpaired) electrons. The van der Waals surface area contributed by atoms with Crippen molar-refractivity contribution in [1.82, 2.24) is 14.7 Å². The number of β-amino-alcohol motifs (C(OH)–C–C–N with tert-alkyl or cyclic N) is 1. The minimum absolute atomic E-state index is 0.0506. The Hall–Kier alpha value is -1.16. The van der Waals surface area contributed by atoms with Crippen LogP contribution in [0.2, 0.25) is 0 Å². The molecule has 0 aromatic rings. The Morgan fingerprint density at radius 3 is 2.58 bits per heavy atom. The van der Waals surface area contributed by atoms with Crippen molar-refractivity contribution in [1.29, 1.82) is 5.26 Å². The lowest BCUT2D eigenvalue weighted by Gasteiger charge is -2.42. The minimum Gasteiger partial charge on any atom is -0.392 e. The van der Waals surface area contributed by atoms with Gasteiger partial charge in [-0.05, 0) is 26.7 Å². The number of hydrogen-bond acceptors (Lipinski definition) is 5. The van der Waals surface area contributed by atoms with E-state index in [4.69, 9.17) is 0 Å². The first-order valence-corrected chi connectivity index (χ1v) is 9.20. The third-order valence-corrected chi connectivity index (χ3v) is 5.61. The molecule has 1 saturated heterocycles. The topological polar surface area (TPSA) is 70.8 Å². The van der Waals surface area contributed by atoms with E-state index in [0.29, 0.717) is 19.1 Å². The van der Waals surface area contributed by atoms with Gasteiger partial charge in [-0.1, -0.05) is 19.3 Å². The molecule has 24 heavy (non-hydrogen) atoms. The predicted octanol–water partition coefficient (Wildman–Crippen LogP) is 1.06. The highest BCUT2D eigenvalue weighted by Gasteiger charge is 2.39. The van der Waals surface area contributed by atoms with Crippen LogP contribution in [-0.4, -0.2) is 83.2 Å². The monoisotopic (exact) mass is 336 g/mol. The van der Waals surface area contributed by atoms with Gasteiger partial charge in [0.1, 0.15) is 5.54 Å². The molecule has 136 valence electrons. The van der Waals surface area contributed by atoms with Gasteiger partial charge in [-0.2, -0.15) is 5.26 Å². The van der Waals surface area contributed by atoms with Crippen LogP contribution in [0.4, 0.5) is 0 Å². The fourth-order valence-corrected chi connectivity index (χ4v) is 4.02. The lowest BCUT2D eigenvalue weighted by Crippen LogP contribution is -2.57. The normalized spacial score (nSPS) is 26.5. The molecule has 2 rings (SSSR count). The van der Waals surface area contributed by atoms with Gasteiger partial charge < -0.3 is 10.0 Å². The van der Waals surface area contributed by atoms with Crippen molar-refractivity contribution in [2.75, 3.05) is 39.8 Å². The van der Waals surface area contributed by atoms with Crippen LogP contribution >= 0.6 is 0 Å². The number of nitriles is 1. The molecule has 1 heterocycles. The zero-order valence-corrected chi connectivity index (χ0v) is 15.4. The number of aliphatic hydroxyl groups is 1. The van der Waals surface area contributed by atoms with E-state index in [0.717, 1.165) is 51.7 Å². The largest absolute Gasteiger partial charge is 0.392 e. The van der Waals surface area contributed by atoms with E-state index < -0.39 is 5.54 Å². The Morgan fingerprint density at radius 1 is 1.38 bits per heavy atom. The number of rotatable bonds is 5. The first-order chi connectivity index (χ1) is 11.4. The van der Waals surface area contributed by atoms with Crippen LogP contribution in [0.15, 0.2) is 0 Å². The Labute approximate surface area is 146 Å². The van der Waals surface area contributed by atoms with Crippen molar-refractivity contribution in [3.63, 3.8) is 0 Å². The number of likely N-dealkylation sites (N-methyl/N-ethyl adjacent to an activating group) is 1. The maximum Gasteiger partial charge on any atom is 0.237 e. The summed E-state index contributed by atoms with van der Waals surface area (Å²) >= 11 is 0. The van der Waals surface area contributed by atoms with Gasteiger partial charge in [-0.25, -0.2) is 0 Å². The van der Waals surface area contributed by atoms with E-state index in [1.54, 1.807) is 11.9 Å². The number of nitrogens with zero attached hydrogens (tertiary/aromatic N) is 4. The third-order valence-electron chi connectivity index (χ3n) is 5.61. The second-order valence-corrected chi connectivity index (χ2v) is 7.58. The molecule has 1 saturated carbocycles. The van der Waals surface area contributed by atoms with E-state index in [1.807, 2.05) is 6.92 Å². The van der Waals surface area contributed by atoms with Crippen LogP contribution in [0.1, 0.15) is 46.0 Å². The van der Waals surface area contributed by atoms with Crippen molar-refractivity contribution in [3.05, 3.63) is 0 Å². The first kappa shape index (κ1) is 19.2. The summed E-state index contributed by atoms with van der Waals surface area (Å²) in [5, 5.41) is 19.2. The molecule has 1 aliphatic heterocycles. The van der Waals surface area contributed by atoms with E-state index in [2.05, 4.69) is 22.8 Å². The van der Waals surface area contributed by atoms with Crippen molar-refractivity contribution in [2.24, 2.45) is 0 Å². The molecule has 1 amide bonds. The zero-order chi connectivity index (χ0) is 17.7. The molecule has 6 nitrogen and oxygen atoms in total. The van der Waals surface area contributed by atoms with Crippen LogP contribution in [-0.2, 0) is 4.79 Å². The number of carbonyl (C=O) groups is 1.